The van der Waals surface area contributed by atoms with Gasteiger partial charge in [0.15, 0.2) is 9.84 Å². The number of aromatic amines is 1. The molecule has 242 valence electrons. The molecule has 0 aliphatic heterocycles. The molecule has 16 heteroatoms. The molecule has 1 aliphatic carbocycles. The van der Waals surface area contributed by atoms with Gasteiger partial charge in [0.2, 0.25) is 0 Å². The number of carbonyl (C=O) groups is 2. The Kier molecular flexibility index (Phi) is 9.55. The summed E-state index contributed by atoms with van der Waals surface area (Å²) in [6.07, 6.45) is 1.33. The first-order valence-corrected chi connectivity index (χ1v) is 16.2. The number of halogens is 3. The van der Waals surface area contributed by atoms with E-state index >= 15 is 0 Å². The Morgan fingerprint density at radius 1 is 0.978 bits per heavy atom. The number of hydrogen-bond acceptors (Lipinski definition) is 8. The molecule has 0 atom stereocenters. The van der Waals surface area contributed by atoms with Gasteiger partial charge in [-0.25, -0.2) is 13.2 Å². The molecule has 3 amide bonds. The summed E-state index contributed by atoms with van der Waals surface area (Å²) in [5, 5.41) is 18.1. The lowest BCUT2D eigenvalue weighted by Gasteiger charge is -2.26. The van der Waals surface area contributed by atoms with Crippen LogP contribution in [0, 0.1) is 0 Å². The van der Waals surface area contributed by atoms with E-state index in [1.165, 1.54) is 16.9 Å². The van der Waals surface area contributed by atoms with Gasteiger partial charge < -0.3 is 10.1 Å². The molecule has 1 heterocycles. The van der Waals surface area contributed by atoms with Gasteiger partial charge in [0, 0.05) is 23.2 Å². The molecule has 0 radical (unpaired) electrons. The number of ether oxygens (including phenoxy) is 1. The number of nitrogens with zero attached hydrogens (tertiary/aromatic N) is 4. The average molecular weight is 658 g/mol. The quantitative estimate of drug-likeness (QED) is 0.197. The number of nitrogens with one attached hydrogen (secondary N) is 3. The molecule has 4 aromatic rings. The van der Waals surface area contributed by atoms with Crippen LogP contribution in [0.5, 0.6) is 5.75 Å². The van der Waals surface area contributed by atoms with E-state index in [0.717, 1.165) is 50.1 Å². The van der Waals surface area contributed by atoms with Gasteiger partial charge in [0.1, 0.15) is 10.6 Å². The third-order valence-electron chi connectivity index (χ3n) is 7.47. The minimum absolute atomic E-state index is 0.00521. The van der Waals surface area contributed by atoms with Crippen LogP contribution in [-0.4, -0.2) is 53.6 Å². The lowest BCUT2D eigenvalue weighted by atomic mass is 9.84. The standard InChI is InChI=1S/C30H30F3N7O5S/c1-46(43,44)26-17-23(13-16-25(26)45-30(31,32)33)34-29(42)40(24-14-11-21(12-15-24)20-5-3-2-4-6-20)18-19-7-9-22(10-8-19)27(41)35-28-36-38-39-37-28/h7-17,20H,2-6,18H2,1H3,(H,34,42)(H2,35,36,37,38,39,41). The van der Waals surface area contributed by atoms with Crippen molar-refractivity contribution in [1.29, 1.82) is 0 Å². The maximum Gasteiger partial charge on any atom is 0.573 e. The average Bonchev–Trinajstić information content (AvgIpc) is 3.53. The number of carbonyl (C=O) groups excluding carboxylic acids is 2. The van der Waals surface area contributed by atoms with Crippen molar-refractivity contribution in [2.24, 2.45) is 0 Å². The highest BCUT2D eigenvalue weighted by atomic mass is 32.2. The van der Waals surface area contributed by atoms with Crippen LogP contribution in [0.4, 0.5) is 35.3 Å². The first-order chi connectivity index (χ1) is 21.9. The van der Waals surface area contributed by atoms with Crippen molar-refractivity contribution in [2.75, 3.05) is 21.8 Å². The summed E-state index contributed by atoms with van der Waals surface area (Å²) >= 11 is 0. The van der Waals surface area contributed by atoms with E-state index in [4.69, 9.17) is 0 Å². The summed E-state index contributed by atoms with van der Waals surface area (Å²) in [5.41, 5.74) is 2.58. The smallest absolute Gasteiger partial charge is 0.404 e. The largest absolute Gasteiger partial charge is 0.573 e. The lowest BCUT2D eigenvalue weighted by Crippen LogP contribution is -2.34. The lowest BCUT2D eigenvalue weighted by molar-refractivity contribution is -0.275. The van der Waals surface area contributed by atoms with E-state index in [-0.39, 0.29) is 18.2 Å². The highest BCUT2D eigenvalue weighted by molar-refractivity contribution is 7.90. The van der Waals surface area contributed by atoms with E-state index in [0.29, 0.717) is 22.7 Å². The monoisotopic (exact) mass is 657 g/mol. The second-order valence-electron chi connectivity index (χ2n) is 10.8. The fourth-order valence-electron chi connectivity index (χ4n) is 5.25. The molecular formula is C30H30F3N7O5S. The Labute approximate surface area is 262 Å². The predicted octanol–water partition coefficient (Wildman–Crippen LogP) is 6.04. The highest BCUT2D eigenvalue weighted by Gasteiger charge is 2.33. The minimum Gasteiger partial charge on any atom is -0.404 e. The summed E-state index contributed by atoms with van der Waals surface area (Å²) in [4.78, 5) is 26.9. The Morgan fingerprint density at radius 3 is 2.28 bits per heavy atom. The third kappa shape index (κ3) is 8.38. The SMILES string of the molecule is CS(=O)(=O)c1cc(NC(=O)N(Cc2ccc(C(=O)Nc3nn[nH]n3)cc2)c2ccc(C3CCCCC3)cc2)ccc1OC(F)(F)F. The van der Waals surface area contributed by atoms with E-state index in [1.54, 1.807) is 24.3 Å². The molecule has 1 aromatic heterocycles. The second kappa shape index (κ2) is 13.6. The summed E-state index contributed by atoms with van der Waals surface area (Å²) in [7, 11) is -4.16. The van der Waals surface area contributed by atoms with Gasteiger partial charge in [-0.05, 0) is 77.6 Å². The van der Waals surface area contributed by atoms with E-state index in [2.05, 4.69) is 36.0 Å². The topological polar surface area (TPSA) is 159 Å². The van der Waals surface area contributed by atoms with Crippen molar-refractivity contribution in [3.05, 3.63) is 83.4 Å². The summed E-state index contributed by atoms with van der Waals surface area (Å²) in [6, 6.07) is 16.2. The van der Waals surface area contributed by atoms with Crippen molar-refractivity contribution < 1.29 is 35.9 Å². The minimum atomic E-state index is -5.12. The van der Waals surface area contributed by atoms with Gasteiger partial charge >= 0.3 is 12.4 Å². The number of anilines is 3. The fraction of sp³-hybridized carbons (Fsp3) is 0.300. The molecule has 0 bridgehead atoms. The van der Waals surface area contributed by atoms with Gasteiger partial charge in [0.05, 0.1) is 6.54 Å². The third-order valence-corrected chi connectivity index (χ3v) is 8.59. The van der Waals surface area contributed by atoms with Crippen molar-refractivity contribution in [3.63, 3.8) is 0 Å². The molecule has 1 aliphatic rings. The Hall–Kier alpha value is -4.99. The van der Waals surface area contributed by atoms with E-state index < -0.39 is 38.8 Å². The van der Waals surface area contributed by atoms with Crippen LogP contribution in [-0.2, 0) is 16.4 Å². The molecule has 0 spiro atoms. The van der Waals surface area contributed by atoms with Crippen LogP contribution in [0.25, 0.3) is 0 Å². The number of amides is 3. The van der Waals surface area contributed by atoms with Crippen molar-refractivity contribution >= 4 is 39.1 Å². The summed E-state index contributed by atoms with van der Waals surface area (Å²) < 4.78 is 67.2. The number of benzene rings is 3. The zero-order valence-electron chi connectivity index (χ0n) is 24.5. The van der Waals surface area contributed by atoms with E-state index in [9.17, 15) is 31.2 Å². The molecule has 3 aromatic carbocycles. The second-order valence-corrected chi connectivity index (χ2v) is 12.8. The first kappa shape index (κ1) is 32.4. The molecule has 46 heavy (non-hydrogen) atoms. The van der Waals surface area contributed by atoms with Crippen LogP contribution in [0.2, 0.25) is 0 Å². The Balaban J connectivity index is 1.40. The van der Waals surface area contributed by atoms with Gasteiger partial charge in [-0.2, -0.15) is 5.21 Å². The van der Waals surface area contributed by atoms with Crippen molar-refractivity contribution in [3.8, 4) is 5.75 Å². The number of rotatable bonds is 9. The molecule has 1 saturated carbocycles. The number of hydrogen-bond donors (Lipinski definition) is 3. The number of aromatic nitrogens is 4. The zero-order valence-corrected chi connectivity index (χ0v) is 25.4. The molecule has 0 unspecified atom stereocenters. The van der Waals surface area contributed by atoms with E-state index in [1.807, 2.05) is 24.3 Å². The summed E-state index contributed by atoms with van der Waals surface area (Å²) in [5.74, 6) is -0.944. The fourth-order valence-corrected chi connectivity index (χ4v) is 6.07. The Morgan fingerprint density at radius 2 is 1.67 bits per heavy atom. The normalized spacial score (nSPS) is 14.0. The molecule has 5 rings (SSSR count). The molecule has 3 N–H and O–H groups in total. The van der Waals surface area contributed by atoms with Gasteiger partial charge in [-0.1, -0.05) is 48.6 Å². The maximum atomic E-state index is 13.7. The van der Waals surface area contributed by atoms with Crippen LogP contribution >= 0.6 is 0 Å². The molecular weight excluding hydrogens is 627 g/mol. The predicted molar refractivity (Wildman–Crippen MR) is 162 cm³/mol. The van der Waals surface area contributed by atoms with Crippen LogP contribution < -0.4 is 20.3 Å². The number of urea groups is 1. The van der Waals surface area contributed by atoms with Crippen molar-refractivity contribution in [1.82, 2.24) is 20.6 Å². The van der Waals surface area contributed by atoms with Crippen molar-refractivity contribution in [2.45, 2.75) is 55.8 Å². The number of sulfone groups is 1. The maximum absolute atomic E-state index is 13.7. The van der Waals surface area contributed by atoms with Crippen LogP contribution in [0.3, 0.4) is 0 Å². The van der Waals surface area contributed by atoms with Crippen LogP contribution in [0.1, 0.15) is 59.5 Å². The number of tetrazole rings is 1. The summed E-state index contributed by atoms with van der Waals surface area (Å²) in [6.45, 7) is 0.0373. The zero-order chi connectivity index (χ0) is 32.9. The molecule has 1 fully saturated rings. The number of alkyl halides is 3. The molecule has 0 saturated heterocycles. The van der Waals surface area contributed by atoms with Gasteiger partial charge in [0.25, 0.3) is 11.9 Å². The van der Waals surface area contributed by atoms with Gasteiger partial charge in [-0.15, -0.1) is 18.3 Å². The van der Waals surface area contributed by atoms with Gasteiger partial charge in [-0.3, -0.25) is 15.0 Å². The van der Waals surface area contributed by atoms with Crippen LogP contribution in [0.15, 0.2) is 71.6 Å². The molecule has 12 nitrogen and oxygen atoms in total. The Bertz CT molecular complexity index is 1780. The first-order valence-electron chi connectivity index (χ1n) is 14.3. The number of H-pyrrole nitrogens is 1. The highest BCUT2D eigenvalue weighted by Crippen LogP contribution is 2.35.